The second kappa shape index (κ2) is 12.0. The molecule has 8 nitrogen and oxygen atoms in total. The fraction of sp³-hybridized carbons (Fsp3) is 0.500. The lowest BCUT2D eigenvalue weighted by Gasteiger charge is -2.13. The third-order valence-electron chi connectivity index (χ3n) is 6.88. The van der Waals surface area contributed by atoms with Gasteiger partial charge in [0.15, 0.2) is 0 Å². The maximum atomic E-state index is 12.8. The predicted molar refractivity (Wildman–Crippen MR) is 137 cm³/mol. The first-order chi connectivity index (χ1) is 17.5. The molecule has 1 aliphatic carbocycles. The summed E-state index contributed by atoms with van der Waals surface area (Å²) in [5, 5.41) is 2.71. The molecule has 2 heterocycles. The van der Waals surface area contributed by atoms with Crippen LogP contribution < -0.4 is 10.1 Å². The third kappa shape index (κ3) is 6.04. The summed E-state index contributed by atoms with van der Waals surface area (Å²) in [6.07, 6.45) is 12.0. The van der Waals surface area contributed by atoms with E-state index in [0.717, 1.165) is 74.9 Å². The molecule has 192 valence electrons. The van der Waals surface area contributed by atoms with E-state index < -0.39 is 0 Å². The maximum Gasteiger partial charge on any atom is 0.329 e. The number of hydrogen-bond acceptors (Lipinski definition) is 5. The summed E-state index contributed by atoms with van der Waals surface area (Å²) in [7, 11) is 0. The van der Waals surface area contributed by atoms with Crippen molar-refractivity contribution < 1.29 is 19.1 Å². The van der Waals surface area contributed by atoms with Crippen LogP contribution in [-0.2, 0) is 22.6 Å². The number of carbonyl (C=O) groups excluding carboxylic acids is 3. The average Bonchev–Trinajstić information content (AvgIpc) is 3.60. The molecule has 0 bridgehead atoms. The van der Waals surface area contributed by atoms with Gasteiger partial charge in [-0.2, -0.15) is 0 Å². The molecule has 2 aromatic rings. The number of rotatable bonds is 11. The number of esters is 1. The smallest absolute Gasteiger partial charge is 0.329 e. The van der Waals surface area contributed by atoms with E-state index in [9.17, 15) is 14.4 Å². The quantitative estimate of drug-likeness (QED) is 0.205. The number of aromatic nitrogens is 2. The number of nitrogens with one attached hydrogen (secondary N) is 1. The van der Waals surface area contributed by atoms with E-state index in [0.29, 0.717) is 18.8 Å². The number of imide groups is 1. The van der Waals surface area contributed by atoms with Crippen LogP contribution >= 0.6 is 0 Å². The minimum Gasteiger partial charge on any atom is -0.426 e. The molecule has 8 heteroatoms. The van der Waals surface area contributed by atoms with E-state index in [1.54, 1.807) is 12.3 Å². The monoisotopic (exact) mass is 492 g/mol. The molecule has 36 heavy (non-hydrogen) atoms. The summed E-state index contributed by atoms with van der Waals surface area (Å²) >= 11 is 0. The third-order valence-corrected chi connectivity index (χ3v) is 6.88. The number of unbranched alkanes of at least 4 members (excludes halogenated alkanes) is 2. The molecule has 0 unspecified atom stereocenters. The van der Waals surface area contributed by atoms with Gasteiger partial charge in [0.25, 0.3) is 5.91 Å². The van der Waals surface area contributed by atoms with Crippen LogP contribution in [-0.4, -0.2) is 38.9 Å². The molecule has 0 radical (unpaired) electrons. The van der Waals surface area contributed by atoms with Crippen molar-refractivity contribution >= 4 is 24.0 Å². The molecule has 2 fully saturated rings. The number of aryl methyl sites for hydroxylation is 1. The number of amides is 3. The van der Waals surface area contributed by atoms with Gasteiger partial charge in [0.05, 0.1) is 17.8 Å². The molecule has 2 aliphatic rings. The van der Waals surface area contributed by atoms with Crippen molar-refractivity contribution in [2.24, 2.45) is 5.92 Å². The maximum absolute atomic E-state index is 12.8. The molecular weight excluding hydrogens is 456 g/mol. The Kier molecular flexibility index (Phi) is 8.57. The summed E-state index contributed by atoms with van der Waals surface area (Å²) in [6.45, 7) is 5.13. The Morgan fingerprint density at radius 1 is 1.11 bits per heavy atom. The first-order valence-corrected chi connectivity index (χ1v) is 13.2. The molecule has 4 rings (SSSR count). The summed E-state index contributed by atoms with van der Waals surface area (Å²) in [5.74, 6) is 1.07. The van der Waals surface area contributed by atoms with Crippen molar-refractivity contribution in [2.75, 3.05) is 6.54 Å². The number of urea groups is 1. The van der Waals surface area contributed by atoms with Crippen molar-refractivity contribution in [1.82, 2.24) is 19.8 Å². The van der Waals surface area contributed by atoms with Gasteiger partial charge in [0.2, 0.25) is 0 Å². The fourth-order valence-electron chi connectivity index (χ4n) is 4.71. The van der Waals surface area contributed by atoms with Crippen LogP contribution in [0.2, 0.25) is 0 Å². The van der Waals surface area contributed by atoms with Crippen LogP contribution in [0.5, 0.6) is 5.75 Å². The van der Waals surface area contributed by atoms with Gasteiger partial charge in [-0.1, -0.05) is 51.7 Å². The number of hydrogen-bond donors (Lipinski definition) is 1. The van der Waals surface area contributed by atoms with Crippen molar-refractivity contribution in [2.45, 2.75) is 78.2 Å². The fourth-order valence-corrected chi connectivity index (χ4v) is 4.71. The standard InChI is InChI=1S/C28H36N4O4/c1-3-5-11-25-29-18-22(17-24-26(33)31(16-6-4-2)28(35)30-24)32(25)19-20-12-14-23(15-13-20)36-27(34)21-9-7-8-10-21/h12-15,17-18,21H,3-11,16,19H2,1-2H3,(H,30,35)/b24-17-. The highest BCUT2D eigenvalue weighted by Gasteiger charge is 2.33. The van der Waals surface area contributed by atoms with Crippen LogP contribution in [0.4, 0.5) is 4.79 Å². The highest BCUT2D eigenvalue weighted by atomic mass is 16.5. The van der Waals surface area contributed by atoms with Gasteiger partial charge in [-0.25, -0.2) is 9.78 Å². The second-order valence-electron chi connectivity index (χ2n) is 9.63. The number of imidazole rings is 1. The highest BCUT2D eigenvalue weighted by molar-refractivity contribution is 6.13. The second-order valence-corrected chi connectivity index (χ2v) is 9.63. The molecule has 0 atom stereocenters. The molecule has 3 amide bonds. The zero-order chi connectivity index (χ0) is 25.5. The normalized spacial score (nSPS) is 17.3. The highest BCUT2D eigenvalue weighted by Crippen LogP contribution is 2.27. The molecule has 0 spiro atoms. The van der Waals surface area contributed by atoms with Crippen molar-refractivity contribution in [3.05, 3.63) is 53.2 Å². The Bertz CT molecular complexity index is 1110. The van der Waals surface area contributed by atoms with Crippen LogP contribution in [0, 0.1) is 5.92 Å². The van der Waals surface area contributed by atoms with Gasteiger partial charge in [-0.15, -0.1) is 0 Å². The zero-order valence-corrected chi connectivity index (χ0v) is 21.3. The van der Waals surface area contributed by atoms with E-state index in [1.165, 1.54) is 4.90 Å². The van der Waals surface area contributed by atoms with Crippen molar-refractivity contribution in [3.63, 3.8) is 0 Å². The van der Waals surface area contributed by atoms with Gasteiger partial charge in [-0.05, 0) is 49.5 Å². The van der Waals surface area contributed by atoms with E-state index in [1.807, 2.05) is 31.2 Å². The van der Waals surface area contributed by atoms with E-state index >= 15 is 0 Å². The Morgan fingerprint density at radius 2 is 1.83 bits per heavy atom. The van der Waals surface area contributed by atoms with Crippen LogP contribution in [0.15, 0.2) is 36.2 Å². The lowest BCUT2D eigenvalue weighted by molar-refractivity contribution is -0.138. The van der Waals surface area contributed by atoms with Gasteiger partial charge in [0.1, 0.15) is 17.3 Å². The molecule has 1 N–H and O–H groups in total. The van der Waals surface area contributed by atoms with Crippen LogP contribution in [0.25, 0.3) is 6.08 Å². The Morgan fingerprint density at radius 3 is 2.53 bits per heavy atom. The number of ether oxygens (including phenoxy) is 1. The number of carbonyl (C=O) groups is 3. The van der Waals surface area contributed by atoms with E-state index in [2.05, 4.69) is 21.8 Å². The summed E-state index contributed by atoms with van der Waals surface area (Å²) in [6, 6.07) is 7.18. The van der Waals surface area contributed by atoms with Gasteiger partial charge < -0.3 is 14.6 Å². The Hall–Kier alpha value is -3.42. The lowest BCUT2D eigenvalue weighted by Crippen LogP contribution is -2.31. The molecule has 1 saturated carbocycles. The molecule has 1 aromatic heterocycles. The topological polar surface area (TPSA) is 93.5 Å². The molecular formula is C28H36N4O4. The summed E-state index contributed by atoms with van der Waals surface area (Å²) in [5.41, 5.74) is 2.06. The Labute approximate surface area is 212 Å². The van der Waals surface area contributed by atoms with Gasteiger partial charge >= 0.3 is 12.0 Å². The first-order valence-electron chi connectivity index (χ1n) is 13.2. The Balaban J connectivity index is 1.51. The largest absolute Gasteiger partial charge is 0.426 e. The zero-order valence-electron chi connectivity index (χ0n) is 21.3. The molecule has 1 saturated heterocycles. The molecule has 1 aromatic carbocycles. The predicted octanol–water partition coefficient (Wildman–Crippen LogP) is 5.06. The van der Waals surface area contributed by atoms with Crippen LogP contribution in [0.1, 0.15) is 82.3 Å². The van der Waals surface area contributed by atoms with Gasteiger partial charge in [-0.3, -0.25) is 14.5 Å². The summed E-state index contributed by atoms with van der Waals surface area (Å²) < 4.78 is 7.67. The summed E-state index contributed by atoms with van der Waals surface area (Å²) in [4.78, 5) is 43.3. The van der Waals surface area contributed by atoms with E-state index in [-0.39, 0.29) is 29.5 Å². The van der Waals surface area contributed by atoms with Gasteiger partial charge in [0, 0.05) is 19.5 Å². The van der Waals surface area contributed by atoms with Crippen molar-refractivity contribution in [1.29, 1.82) is 0 Å². The number of nitrogens with zero attached hydrogens (tertiary/aromatic N) is 3. The number of benzene rings is 1. The lowest BCUT2D eigenvalue weighted by atomic mass is 10.1. The van der Waals surface area contributed by atoms with E-state index in [4.69, 9.17) is 4.74 Å². The minimum absolute atomic E-state index is 0.0176. The minimum atomic E-state index is -0.375. The molecule has 1 aliphatic heterocycles. The SMILES string of the molecule is CCCCc1ncc(/C=C2\NC(=O)N(CCCC)C2=O)n1Cc1ccc(OC(=O)C2CCCC2)cc1. The van der Waals surface area contributed by atoms with Crippen LogP contribution in [0.3, 0.4) is 0 Å². The van der Waals surface area contributed by atoms with Crippen molar-refractivity contribution in [3.8, 4) is 5.75 Å². The first kappa shape index (κ1) is 25.7. The average molecular weight is 493 g/mol.